The zero-order valence-corrected chi connectivity index (χ0v) is 15.4. The molecule has 0 radical (unpaired) electrons. The Bertz CT molecular complexity index is 967. The normalized spacial score (nSPS) is 13.0. The summed E-state index contributed by atoms with van der Waals surface area (Å²) in [6.45, 7) is 6.20. The van der Waals surface area contributed by atoms with Gasteiger partial charge >= 0.3 is 12.1 Å². The number of amides is 1. The Balaban J connectivity index is 2.00. The van der Waals surface area contributed by atoms with Crippen LogP contribution in [0.1, 0.15) is 47.8 Å². The van der Waals surface area contributed by atoms with Crippen molar-refractivity contribution in [2.45, 2.75) is 39.5 Å². The van der Waals surface area contributed by atoms with Gasteiger partial charge in [0.15, 0.2) is 0 Å². The van der Waals surface area contributed by atoms with Crippen LogP contribution >= 0.6 is 0 Å². The molecule has 0 bridgehead atoms. The summed E-state index contributed by atoms with van der Waals surface area (Å²) in [7, 11) is 0. The smallest absolute Gasteiger partial charge is 0.410 e. The molecule has 0 unspecified atom stereocenters. The number of fused-ring (bicyclic) bond motifs is 1. The molecule has 2 aromatic carbocycles. The molecule has 27 heavy (non-hydrogen) atoms. The summed E-state index contributed by atoms with van der Waals surface area (Å²) in [5.41, 5.74) is 2.91. The van der Waals surface area contributed by atoms with Crippen molar-refractivity contribution >= 4 is 12.1 Å². The number of carboxylic acids is 1. The van der Waals surface area contributed by atoms with Gasteiger partial charge in [0.25, 0.3) is 0 Å². The van der Waals surface area contributed by atoms with Gasteiger partial charge in [0.05, 0.1) is 23.7 Å². The van der Waals surface area contributed by atoms with Crippen LogP contribution in [-0.4, -0.2) is 27.7 Å². The van der Waals surface area contributed by atoms with E-state index in [1.165, 1.54) is 6.07 Å². The van der Waals surface area contributed by atoms with Crippen LogP contribution in [0, 0.1) is 11.3 Å². The molecule has 2 aromatic rings. The van der Waals surface area contributed by atoms with E-state index in [0.717, 1.165) is 16.7 Å². The first-order valence-electron chi connectivity index (χ1n) is 8.56. The minimum Gasteiger partial charge on any atom is -0.478 e. The summed E-state index contributed by atoms with van der Waals surface area (Å²) in [6.07, 6.45) is -0.400. The standard InChI is InChI=1S/C21H20N2O4/c1-21(2,3)27-20(26)23-11-14-5-4-6-15(18(14)12-23)16-8-7-13(10-22)9-17(16)19(24)25/h4-9H,11-12H2,1-3H3,(H,24,25). The lowest BCUT2D eigenvalue weighted by Gasteiger charge is -2.24. The second kappa shape index (κ2) is 6.76. The molecular weight excluding hydrogens is 344 g/mol. The molecule has 6 nitrogen and oxygen atoms in total. The second-order valence-electron chi connectivity index (χ2n) is 7.46. The molecule has 1 aliphatic heterocycles. The molecule has 0 aliphatic carbocycles. The fraction of sp³-hybridized carbons (Fsp3) is 0.286. The molecular formula is C21H20N2O4. The van der Waals surface area contributed by atoms with E-state index in [4.69, 9.17) is 10.00 Å². The number of nitriles is 1. The van der Waals surface area contributed by atoms with E-state index in [1.807, 2.05) is 45.0 Å². The predicted octanol–water partition coefficient (Wildman–Crippen LogP) is 4.17. The van der Waals surface area contributed by atoms with Gasteiger partial charge in [-0.1, -0.05) is 24.3 Å². The van der Waals surface area contributed by atoms with E-state index in [-0.39, 0.29) is 5.56 Å². The molecule has 0 saturated heterocycles. The van der Waals surface area contributed by atoms with E-state index in [9.17, 15) is 14.7 Å². The number of carbonyl (C=O) groups is 2. The Hall–Kier alpha value is -3.33. The summed E-state index contributed by atoms with van der Waals surface area (Å²) < 4.78 is 5.45. The number of nitrogens with zero attached hydrogens (tertiary/aromatic N) is 2. The van der Waals surface area contributed by atoms with Crippen molar-refractivity contribution in [2.75, 3.05) is 0 Å². The van der Waals surface area contributed by atoms with Gasteiger partial charge in [-0.05, 0) is 55.2 Å². The molecule has 0 spiro atoms. The maximum absolute atomic E-state index is 12.4. The van der Waals surface area contributed by atoms with Crippen molar-refractivity contribution in [3.05, 3.63) is 58.7 Å². The average molecular weight is 364 g/mol. The van der Waals surface area contributed by atoms with Crippen LogP contribution in [0.4, 0.5) is 4.79 Å². The van der Waals surface area contributed by atoms with Crippen LogP contribution < -0.4 is 0 Å². The quantitative estimate of drug-likeness (QED) is 0.863. The number of carboxylic acid groups (broad SMARTS) is 1. The van der Waals surface area contributed by atoms with Crippen molar-refractivity contribution in [1.82, 2.24) is 4.90 Å². The van der Waals surface area contributed by atoms with Crippen molar-refractivity contribution in [3.8, 4) is 17.2 Å². The van der Waals surface area contributed by atoms with Gasteiger partial charge in [0.1, 0.15) is 5.60 Å². The monoisotopic (exact) mass is 364 g/mol. The maximum atomic E-state index is 12.4. The number of hydrogen-bond acceptors (Lipinski definition) is 4. The SMILES string of the molecule is CC(C)(C)OC(=O)N1Cc2cccc(-c3ccc(C#N)cc3C(=O)O)c2C1. The first-order chi connectivity index (χ1) is 12.7. The molecule has 1 heterocycles. The van der Waals surface area contributed by atoms with Crippen molar-refractivity contribution in [1.29, 1.82) is 5.26 Å². The Morgan fingerprint density at radius 1 is 1.15 bits per heavy atom. The molecule has 1 N–H and O–H groups in total. The average Bonchev–Trinajstić information content (AvgIpc) is 3.04. The fourth-order valence-electron chi connectivity index (χ4n) is 3.16. The number of carbonyl (C=O) groups excluding carboxylic acids is 1. The third-order valence-electron chi connectivity index (χ3n) is 4.30. The number of hydrogen-bond donors (Lipinski definition) is 1. The molecule has 6 heteroatoms. The molecule has 0 saturated carbocycles. The minimum absolute atomic E-state index is 0.0677. The highest BCUT2D eigenvalue weighted by molar-refractivity contribution is 5.97. The highest BCUT2D eigenvalue weighted by Gasteiger charge is 2.30. The maximum Gasteiger partial charge on any atom is 0.410 e. The van der Waals surface area contributed by atoms with Crippen molar-refractivity contribution in [3.63, 3.8) is 0 Å². The molecule has 0 fully saturated rings. The zero-order valence-electron chi connectivity index (χ0n) is 15.4. The lowest BCUT2D eigenvalue weighted by molar-refractivity contribution is 0.0241. The van der Waals surface area contributed by atoms with E-state index in [1.54, 1.807) is 17.0 Å². The van der Waals surface area contributed by atoms with Crippen LogP contribution in [0.2, 0.25) is 0 Å². The summed E-state index contributed by atoms with van der Waals surface area (Å²) in [5, 5.41) is 18.6. The number of aromatic carboxylic acids is 1. The summed E-state index contributed by atoms with van der Waals surface area (Å²) in [5.74, 6) is -1.10. The topological polar surface area (TPSA) is 90.6 Å². The molecule has 3 rings (SSSR count). The first-order valence-corrected chi connectivity index (χ1v) is 8.56. The molecule has 1 aliphatic rings. The molecule has 138 valence electrons. The van der Waals surface area contributed by atoms with Gasteiger partial charge in [0.2, 0.25) is 0 Å². The van der Waals surface area contributed by atoms with Crippen LogP contribution in [-0.2, 0) is 17.8 Å². The Labute approximate surface area is 157 Å². The van der Waals surface area contributed by atoms with Crippen molar-refractivity contribution < 1.29 is 19.4 Å². The minimum atomic E-state index is -1.10. The Morgan fingerprint density at radius 2 is 1.89 bits per heavy atom. The van der Waals surface area contributed by atoms with Crippen LogP contribution in [0.15, 0.2) is 36.4 Å². The molecule has 0 atom stereocenters. The van der Waals surface area contributed by atoms with E-state index in [0.29, 0.717) is 24.2 Å². The van der Waals surface area contributed by atoms with Gasteiger partial charge in [-0.15, -0.1) is 0 Å². The predicted molar refractivity (Wildman–Crippen MR) is 99.0 cm³/mol. The highest BCUT2D eigenvalue weighted by Crippen LogP contribution is 2.35. The first kappa shape index (κ1) is 18.5. The van der Waals surface area contributed by atoms with Gasteiger partial charge in [-0.3, -0.25) is 4.90 Å². The Morgan fingerprint density at radius 3 is 2.52 bits per heavy atom. The van der Waals surface area contributed by atoms with E-state index >= 15 is 0 Å². The second-order valence-corrected chi connectivity index (χ2v) is 7.46. The third-order valence-corrected chi connectivity index (χ3v) is 4.30. The van der Waals surface area contributed by atoms with Gasteiger partial charge in [-0.25, -0.2) is 9.59 Å². The number of benzene rings is 2. The molecule has 1 amide bonds. The Kier molecular flexibility index (Phi) is 4.63. The largest absolute Gasteiger partial charge is 0.478 e. The van der Waals surface area contributed by atoms with E-state index in [2.05, 4.69) is 0 Å². The van der Waals surface area contributed by atoms with Crippen LogP contribution in [0.25, 0.3) is 11.1 Å². The lowest BCUT2D eigenvalue weighted by atomic mass is 9.92. The van der Waals surface area contributed by atoms with E-state index < -0.39 is 17.7 Å². The highest BCUT2D eigenvalue weighted by atomic mass is 16.6. The van der Waals surface area contributed by atoms with Gasteiger partial charge in [0, 0.05) is 6.54 Å². The molecule has 0 aromatic heterocycles. The van der Waals surface area contributed by atoms with Gasteiger partial charge in [-0.2, -0.15) is 5.26 Å². The summed E-state index contributed by atoms with van der Waals surface area (Å²) in [4.78, 5) is 25.7. The number of ether oxygens (including phenoxy) is 1. The van der Waals surface area contributed by atoms with Gasteiger partial charge < -0.3 is 9.84 Å². The van der Waals surface area contributed by atoms with Crippen LogP contribution in [0.3, 0.4) is 0 Å². The summed E-state index contributed by atoms with van der Waals surface area (Å²) >= 11 is 0. The lowest BCUT2D eigenvalue weighted by Crippen LogP contribution is -2.33. The third kappa shape index (κ3) is 3.77. The van der Waals surface area contributed by atoms with Crippen LogP contribution in [0.5, 0.6) is 0 Å². The zero-order chi connectivity index (χ0) is 19.8. The summed E-state index contributed by atoms with van der Waals surface area (Å²) in [6, 6.07) is 12.2. The number of rotatable bonds is 2. The fourth-order valence-corrected chi connectivity index (χ4v) is 3.16. The van der Waals surface area contributed by atoms with Crippen molar-refractivity contribution in [2.24, 2.45) is 0 Å².